The quantitative estimate of drug-likeness (QED) is 0.0797. The van der Waals surface area contributed by atoms with Crippen LogP contribution in [0.5, 0.6) is 0 Å². The largest absolute Gasteiger partial charge is 0.395 e. The first-order valence-corrected chi connectivity index (χ1v) is 17.7. The Hall–Kier alpha value is -6.28. The molecule has 4 aromatic carbocycles. The molecule has 55 heavy (non-hydrogen) atoms. The predicted octanol–water partition coefficient (Wildman–Crippen LogP) is 7.34. The van der Waals surface area contributed by atoms with Crippen molar-refractivity contribution in [2.75, 3.05) is 44.0 Å². The lowest BCUT2D eigenvalue weighted by atomic mass is 10.0. The van der Waals surface area contributed by atoms with Crippen molar-refractivity contribution in [1.29, 1.82) is 10.5 Å². The summed E-state index contributed by atoms with van der Waals surface area (Å²) in [5.41, 5.74) is 4.80. The average molecular weight is 776 g/mol. The number of rotatable bonds is 13. The van der Waals surface area contributed by atoms with Gasteiger partial charge >= 0.3 is 0 Å². The van der Waals surface area contributed by atoms with E-state index in [0.717, 1.165) is 11.1 Å². The summed E-state index contributed by atoms with van der Waals surface area (Å²) < 4.78 is 8.10. The summed E-state index contributed by atoms with van der Waals surface area (Å²) in [6, 6.07) is 32.3. The van der Waals surface area contributed by atoms with Gasteiger partial charge in [-0.05, 0) is 62.4 Å². The van der Waals surface area contributed by atoms with Crippen LogP contribution in [-0.2, 0) is 4.74 Å². The van der Waals surface area contributed by atoms with Gasteiger partial charge < -0.3 is 20.5 Å². The molecule has 0 radical (unpaired) electrons. The number of anilines is 2. The van der Waals surface area contributed by atoms with Gasteiger partial charge in [-0.15, -0.1) is 0 Å². The summed E-state index contributed by atoms with van der Waals surface area (Å²) in [5.74, 6) is 0.145. The molecule has 14 heteroatoms. The van der Waals surface area contributed by atoms with E-state index in [-0.39, 0.29) is 47.2 Å². The zero-order valence-electron chi connectivity index (χ0n) is 30.2. The second kappa shape index (κ2) is 18.7. The Morgan fingerprint density at radius 3 is 1.40 bits per heavy atom. The van der Waals surface area contributed by atoms with E-state index in [1.54, 1.807) is 84.6 Å². The Kier molecular flexibility index (Phi) is 13.5. The van der Waals surface area contributed by atoms with E-state index in [1.807, 2.05) is 38.1 Å². The molecule has 0 spiro atoms. The first-order chi connectivity index (χ1) is 26.6. The van der Waals surface area contributed by atoms with E-state index in [0.29, 0.717) is 57.3 Å². The topological polar surface area (TPSA) is 171 Å². The van der Waals surface area contributed by atoms with Crippen LogP contribution in [0.15, 0.2) is 97.1 Å². The van der Waals surface area contributed by atoms with Crippen molar-refractivity contribution < 1.29 is 19.4 Å². The Bertz CT molecular complexity index is 2360. The molecule has 3 N–H and O–H groups in total. The molecule has 0 saturated carbocycles. The Morgan fingerprint density at radius 1 is 0.673 bits per heavy atom. The molecule has 12 nitrogen and oxygen atoms in total. The zero-order valence-corrected chi connectivity index (χ0v) is 31.7. The predicted molar refractivity (Wildman–Crippen MR) is 212 cm³/mol. The highest BCUT2D eigenvalue weighted by Gasteiger charge is 2.26. The number of carbonyl (C=O) groups is 2. The SMILES string of the molecule is COCCNc1c(C#N)c(C(=O)c2ccc(C)cc2)nn1-c1ccc(Cl)cc1.Cc1ccc(C(=O)c2nn(-c3ccc(Cl)cc3)c(NCCO)c2C#N)cc1. The fourth-order valence-corrected chi connectivity index (χ4v) is 5.61. The Balaban J connectivity index is 0.000000211. The molecule has 2 aromatic heterocycles. The maximum Gasteiger partial charge on any atom is 0.214 e. The number of ketones is 2. The third kappa shape index (κ3) is 9.45. The van der Waals surface area contributed by atoms with Gasteiger partial charge in [0.2, 0.25) is 11.6 Å². The molecule has 0 saturated heterocycles. The van der Waals surface area contributed by atoms with Crippen LogP contribution < -0.4 is 10.6 Å². The number of nitrogens with zero attached hydrogens (tertiary/aromatic N) is 6. The first kappa shape index (κ1) is 39.9. The van der Waals surface area contributed by atoms with Crippen LogP contribution in [0.2, 0.25) is 10.0 Å². The third-order valence-corrected chi connectivity index (χ3v) is 8.70. The van der Waals surface area contributed by atoms with E-state index in [4.69, 9.17) is 33.0 Å². The molecule has 0 amide bonds. The van der Waals surface area contributed by atoms with Crippen molar-refractivity contribution in [3.05, 3.63) is 152 Å². The molecular formula is C41H36Cl2N8O4. The molecule has 0 fully saturated rings. The van der Waals surface area contributed by atoms with E-state index in [2.05, 4.69) is 33.0 Å². The van der Waals surface area contributed by atoms with Crippen LogP contribution in [0.1, 0.15) is 54.4 Å². The van der Waals surface area contributed by atoms with Gasteiger partial charge in [0.1, 0.15) is 34.9 Å². The summed E-state index contributed by atoms with van der Waals surface area (Å²) in [6.07, 6.45) is 0. The molecular weight excluding hydrogens is 739 g/mol. The number of halogens is 2. The number of aliphatic hydroxyl groups is 1. The van der Waals surface area contributed by atoms with Crippen LogP contribution in [-0.4, -0.2) is 69.6 Å². The number of hydrogen-bond acceptors (Lipinski definition) is 10. The van der Waals surface area contributed by atoms with Gasteiger partial charge in [-0.1, -0.05) is 82.9 Å². The fourth-order valence-electron chi connectivity index (χ4n) is 5.36. The summed E-state index contributed by atoms with van der Waals surface area (Å²) in [5, 5.41) is 44.7. The lowest BCUT2D eigenvalue weighted by molar-refractivity contribution is 0.102. The van der Waals surface area contributed by atoms with Crippen LogP contribution >= 0.6 is 23.2 Å². The number of methoxy groups -OCH3 is 1. The van der Waals surface area contributed by atoms with Crippen molar-refractivity contribution in [2.24, 2.45) is 0 Å². The Morgan fingerprint density at radius 2 is 1.05 bits per heavy atom. The monoisotopic (exact) mass is 774 g/mol. The number of aryl methyl sites for hydroxylation is 2. The van der Waals surface area contributed by atoms with Gasteiger partial charge in [0.15, 0.2) is 11.4 Å². The molecule has 278 valence electrons. The second-order valence-corrected chi connectivity index (χ2v) is 13.0. The fraction of sp³-hybridized carbons (Fsp3) is 0.171. The van der Waals surface area contributed by atoms with Gasteiger partial charge in [0.05, 0.1) is 24.6 Å². The molecule has 0 unspecified atom stereocenters. The first-order valence-electron chi connectivity index (χ1n) is 17.0. The Labute approximate surface area is 328 Å². The number of aromatic nitrogens is 4. The van der Waals surface area contributed by atoms with Gasteiger partial charge in [-0.3, -0.25) is 9.59 Å². The standard InChI is InChI=1S/C21H19ClN4O2.C20H17ClN4O2/c1-14-3-5-15(6-4-14)20(27)19-18(13-23)21(24-11-12-28-2)26(25-19)17-9-7-16(22)8-10-17;1-13-2-4-14(5-3-13)19(27)18-17(12-22)20(23-10-11-26)25(24-18)16-8-6-15(21)7-9-16/h3-10,24H,11-12H2,1-2H3;2-9,23,26H,10-11H2,1H3. The highest BCUT2D eigenvalue weighted by Crippen LogP contribution is 2.28. The van der Waals surface area contributed by atoms with Crippen LogP contribution in [0, 0.1) is 36.5 Å². The van der Waals surface area contributed by atoms with Crippen LogP contribution in [0.3, 0.4) is 0 Å². The second-order valence-electron chi connectivity index (χ2n) is 12.1. The number of carbonyl (C=O) groups excluding carboxylic acids is 2. The number of hydrogen-bond donors (Lipinski definition) is 3. The summed E-state index contributed by atoms with van der Waals surface area (Å²) in [7, 11) is 1.59. The van der Waals surface area contributed by atoms with E-state index in [1.165, 1.54) is 4.68 Å². The summed E-state index contributed by atoms with van der Waals surface area (Å²) in [6.45, 7) is 4.87. The van der Waals surface area contributed by atoms with Crippen LogP contribution in [0.25, 0.3) is 11.4 Å². The van der Waals surface area contributed by atoms with Crippen molar-refractivity contribution in [3.8, 4) is 23.5 Å². The lowest BCUT2D eigenvalue weighted by Gasteiger charge is -2.10. The highest BCUT2D eigenvalue weighted by atomic mass is 35.5. The minimum atomic E-state index is -0.341. The zero-order chi connectivity index (χ0) is 39.5. The van der Waals surface area contributed by atoms with Gasteiger partial charge in [-0.2, -0.15) is 20.7 Å². The summed E-state index contributed by atoms with van der Waals surface area (Å²) in [4.78, 5) is 26.0. The molecule has 2 heterocycles. The normalized spacial score (nSPS) is 10.5. The number of nitrogens with one attached hydrogen (secondary N) is 2. The molecule has 0 bridgehead atoms. The average Bonchev–Trinajstić information content (AvgIpc) is 3.76. The van der Waals surface area contributed by atoms with Crippen molar-refractivity contribution >= 4 is 46.4 Å². The smallest absolute Gasteiger partial charge is 0.214 e. The maximum atomic E-state index is 13.0. The van der Waals surface area contributed by atoms with Crippen molar-refractivity contribution in [1.82, 2.24) is 19.6 Å². The minimum absolute atomic E-state index is 0.0525. The van der Waals surface area contributed by atoms with Gasteiger partial charge in [0, 0.05) is 41.4 Å². The van der Waals surface area contributed by atoms with Crippen LogP contribution in [0.4, 0.5) is 11.6 Å². The maximum absolute atomic E-state index is 13.0. The summed E-state index contributed by atoms with van der Waals surface area (Å²) >= 11 is 11.9. The highest BCUT2D eigenvalue weighted by molar-refractivity contribution is 6.30. The number of benzene rings is 4. The number of aliphatic hydroxyl groups excluding tert-OH is 1. The molecule has 0 atom stereocenters. The van der Waals surface area contributed by atoms with Gasteiger partial charge in [0.25, 0.3) is 0 Å². The van der Waals surface area contributed by atoms with E-state index in [9.17, 15) is 20.1 Å². The van der Waals surface area contributed by atoms with E-state index >= 15 is 0 Å². The van der Waals surface area contributed by atoms with Crippen molar-refractivity contribution in [3.63, 3.8) is 0 Å². The third-order valence-electron chi connectivity index (χ3n) is 8.20. The van der Waals surface area contributed by atoms with E-state index < -0.39 is 0 Å². The number of nitriles is 2. The molecule has 6 rings (SSSR count). The molecule has 0 aliphatic rings. The lowest BCUT2D eigenvalue weighted by Crippen LogP contribution is -2.12. The molecule has 0 aliphatic carbocycles. The molecule has 6 aromatic rings. The molecule has 0 aliphatic heterocycles. The number of ether oxygens (including phenoxy) is 1. The van der Waals surface area contributed by atoms with Gasteiger partial charge in [-0.25, -0.2) is 9.36 Å². The van der Waals surface area contributed by atoms with Crippen molar-refractivity contribution in [2.45, 2.75) is 13.8 Å². The minimum Gasteiger partial charge on any atom is -0.395 e.